The average Bonchev–Trinajstić information content (AvgIpc) is 3.14. The Morgan fingerprint density at radius 2 is 2.04 bits per heavy atom. The summed E-state index contributed by atoms with van der Waals surface area (Å²) in [4.78, 5) is 12.7. The van der Waals surface area contributed by atoms with Crippen LogP contribution in [0.3, 0.4) is 0 Å². The lowest BCUT2D eigenvalue weighted by molar-refractivity contribution is -0.121. The molecule has 0 aliphatic heterocycles. The fraction of sp³-hybridized carbons (Fsp3) is 0.571. The summed E-state index contributed by atoms with van der Waals surface area (Å²) in [6.07, 6.45) is 7.99. The molecule has 0 bridgehead atoms. The van der Waals surface area contributed by atoms with Crippen LogP contribution < -0.4 is 10.1 Å². The first kappa shape index (κ1) is 19.4. The average molecular weight is 371 g/mol. The lowest BCUT2D eigenvalue weighted by atomic mass is 9.79. The van der Waals surface area contributed by atoms with Crippen LogP contribution in [0.4, 0.5) is 5.82 Å². The van der Waals surface area contributed by atoms with Crippen molar-refractivity contribution in [3.05, 3.63) is 23.8 Å². The molecule has 1 N–H and O–H groups in total. The Labute approximate surface area is 160 Å². The van der Waals surface area contributed by atoms with E-state index in [0.29, 0.717) is 11.5 Å². The SMILES string of the molecule is CCCCC1CCC(C(=O)Nc2nonc2-c2ccc(OC)c(C)c2)CC1. The summed E-state index contributed by atoms with van der Waals surface area (Å²) in [7, 11) is 1.64. The molecule has 0 radical (unpaired) electrons. The number of benzene rings is 1. The Morgan fingerprint density at radius 3 is 2.70 bits per heavy atom. The predicted molar refractivity (Wildman–Crippen MR) is 105 cm³/mol. The quantitative estimate of drug-likeness (QED) is 0.742. The molecule has 1 aliphatic rings. The highest BCUT2D eigenvalue weighted by molar-refractivity contribution is 5.94. The second-order valence-corrected chi connectivity index (χ2v) is 7.49. The number of carbonyl (C=O) groups is 1. The van der Waals surface area contributed by atoms with Gasteiger partial charge in [0.2, 0.25) is 11.7 Å². The molecule has 1 heterocycles. The fourth-order valence-electron chi connectivity index (χ4n) is 3.91. The van der Waals surface area contributed by atoms with Crippen molar-refractivity contribution in [3.8, 4) is 17.0 Å². The molecule has 0 spiro atoms. The van der Waals surface area contributed by atoms with Gasteiger partial charge in [-0.2, -0.15) is 0 Å². The maximum Gasteiger partial charge on any atom is 0.228 e. The molecule has 1 amide bonds. The third-order valence-corrected chi connectivity index (χ3v) is 5.58. The summed E-state index contributed by atoms with van der Waals surface area (Å²) in [6, 6.07) is 5.72. The molecule has 1 saturated carbocycles. The molecule has 1 fully saturated rings. The lowest BCUT2D eigenvalue weighted by Crippen LogP contribution is -2.27. The van der Waals surface area contributed by atoms with E-state index in [0.717, 1.165) is 48.5 Å². The number of rotatable bonds is 7. The number of unbranched alkanes of at least 4 members (excludes halogenated alkanes) is 1. The smallest absolute Gasteiger partial charge is 0.228 e. The van der Waals surface area contributed by atoms with E-state index >= 15 is 0 Å². The zero-order valence-electron chi connectivity index (χ0n) is 16.5. The van der Waals surface area contributed by atoms with Crippen molar-refractivity contribution in [3.63, 3.8) is 0 Å². The van der Waals surface area contributed by atoms with Crippen LogP contribution in [0.2, 0.25) is 0 Å². The Bertz CT molecular complexity index is 764. The van der Waals surface area contributed by atoms with Crippen LogP contribution in [-0.4, -0.2) is 23.3 Å². The van der Waals surface area contributed by atoms with E-state index in [2.05, 4.69) is 22.6 Å². The molecule has 1 aliphatic carbocycles. The topological polar surface area (TPSA) is 77.3 Å². The number of hydrogen-bond donors (Lipinski definition) is 1. The van der Waals surface area contributed by atoms with Gasteiger partial charge < -0.3 is 10.1 Å². The van der Waals surface area contributed by atoms with E-state index in [1.807, 2.05) is 25.1 Å². The number of nitrogens with zero attached hydrogens (tertiary/aromatic N) is 2. The van der Waals surface area contributed by atoms with Crippen molar-refractivity contribution in [1.29, 1.82) is 0 Å². The molecule has 6 heteroatoms. The maximum absolute atomic E-state index is 12.7. The van der Waals surface area contributed by atoms with Gasteiger partial charge in [0.05, 0.1) is 7.11 Å². The van der Waals surface area contributed by atoms with Gasteiger partial charge in [-0.25, -0.2) is 4.63 Å². The Kier molecular flexibility index (Phi) is 6.48. The van der Waals surface area contributed by atoms with Crippen molar-refractivity contribution in [2.45, 2.75) is 58.8 Å². The normalized spacial score (nSPS) is 19.7. The third kappa shape index (κ3) is 4.67. The van der Waals surface area contributed by atoms with Gasteiger partial charge in [0.25, 0.3) is 0 Å². The molecular weight excluding hydrogens is 342 g/mol. The summed E-state index contributed by atoms with van der Waals surface area (Å²) in [5.74, 6) is 2.04. The van der Waals surface area contributed by atoms with Crippen molar-refractivity contribution >= 4 is 11.7 Å². The first-order chi connectivity index (χ1) is 13.1. The zero-order chi connectivity index (χ0) is 19.2. The predicted octanol–water partition coefficient (Wildman–Crippen LogP) is 4.99. The van der Waals surface area contributed by atoms with Crippen molar-refractivity contribution in [2.24, 2.45) is 11.8 Å². The molecule has 2 aromatic rings. The number of anilines is 1. The highest BCUT2D eigenvalue weighted by Crippen LogP contribution is 2.34. The molecule has 1 aromatic carbocycles. The van der Waals surface area contributed by atoms with Crippen LogP contribution in [0.5, 0.6) is 5.75 Å². The molecule has 146 valence electrons. The number of aryl methyl sites for hydroxylation is 1. The van der Waals surface area contributed by atoms with Gasteiger partial charge in [0, 0.05) is 11.5 Å². The van der Waals surface area contributed by atoms with Crippen LogP contribution in [-0.2, 0) is 4.79 Å². The number of hydrogen-bond acceptors (Lipinski definition) is 5. The summed E-state index contributed by atoms with van der Waals surface area (Å²) in [5.41, 5.74) is 2.37. The second-order valence-electron chi connectivity index (χ2n) is 7.49. The summed E-state index contributed by atoms with van der Waals surface area (Å²) in [5, 5.41) is 10.8. The van der Waals surface area contributed by atoms with E-state index in [4.69, 9.17) is 9.37 Å². The number of nitrogens with one attached hydrogen (secondary N) is 1. The minimum Gasteiger partial charge on any atom is -0.496 e. The van der Waals surface area contributed by atoms with Crippen LogP contribution in [0, 0.1) is 18.8 Å². The van der Waals surface area contributed by atoms with E-state index in [9.17, 15) is 4.79 Å². The highest BCUT2D eigenvalue weighted by atomic mass is 16.6. The maximum atomic E-state index is 12.7. The summed E-state index contributed by atoms with van der Waals surface area (Å²) < 4.78 is 10.2. The monoisotopic (exact) mass is 371 g/mol. The van der Waals surface area contributed by atoms with Gasteiger partial charge >= 0.3 is 0 Å². The van der Waals surface area contributed by atoms with E-state index in [1.165, 1.54) is 19.3 Å². The van der Waals surface area contributed by atoms with E-state index in [1.54, 1.807) is 7.11 Å². The van der Waals surface area contributed by atoms with Gasteiger partial charge in [-0.15, -0.1) is 0 Å². The minimum atomic E-state index is 0.0196. The Balaban J connectivity index is 1.63. The summed E-state index contributed by atoms with van der Waals surface area (Å²) >= 11 is 0. The van der Waals surface area contributed by atoms with Gasteiger partial charge in [-0.1, -0.05) is 26.2 Å². The first-order valence-electron chi connectivity index (χ1n) is 9.90. The number of methoxy groups -OCH3 is 1. The van der Waals surface area contributed by atoms with Gasteiger partial charge in [-0.05, 0) is 72.6 Å². The Hall–Kier alpha value is -2.37. The molecule has 0 saturated heterocycles. The molecule has 1 aromatic heterocycles. The Morgan fingerprint density at radius 1 is 1.26 bits per heavy atom. The van der Waals surface area contributed by atoms with Crippen LogP contribution in [0.1, 0.15) is 57.4 Å². The minimum absolute atomic E-state index is 0.0196. The van der Waals surface area contributed by atoms with Gasteiger partial charge in [-0.3, -0.25) is 4.79 Å². The van der Waals surface area contributed by atoms with Crippen LogP contribution in [0.25, 0.3) is 11.3 Å². The molecule has 0 atom stereocenters. The van der Waals surface area contributed by atoms with Crippen molar-refractivity contribution < 1.29 is 14.2 Å². The number of ether oxygens (including phenoxy) is 1. The number of carbonyl (C=O) groups excluding carboxylic acids is 1. The molecule has 27 heavy (non-hydrogen) atoms. The summed E-state index contributed by atoms with van der Waals surface area (Å²) in [6.45, 7) is 4.19. The highest BCUT2D eigenvalue weighted by Gasteiger charge is 2.27. The molecule has 0 unspecified atom stereocenters. The standard InChI is InChI=1S/C21H29N3O3/c1-4-5-6-15-7-9-16(10-8-15)21(25)22-20-19(23-27-24-20)17-11-12-18(26-3)14(2)13-17/h11-13,15-16H,4-10H2,1-3H3,(H,22,24,25). The van der Waals surface area contributed by atoms with Crippen LogP contribution in [0.15, 0.2) is 22.8 Å². The largest absolute Gasteiger partial charge is 0.496 e. The number of aromatic nitrogens is 2. The van der Waals surface area contributed by atoms with E-state index < -0.39 is 0 Å². The fourth-order valence-corrected chi connectivity index (χ4v) is 3.91. The lowest BCUT2D eigenvalue weighted by Gasteiger charge is -2.27. The molecule has 6 nitrogen and oxygen atoms in total. The van der Waals surface area contributed by atoms with Gasteiger partial charge in [0.15, 0.2) is 5.69 Å². The zero-order valence-corrected chi connectivity index (χ0v) is 16.5. The second kappa shape index (κ2) is 9.02. The number of amides is 1. The molecular formula is C21H29N3O3. The van der Waals surface area contributed by atoms with Crippen LogP contribution >= 0.6 is 0 Å². The van der Waals surface area contributed by atoms with Crippen molar-refractivity contribution in [2.75, 3.05) is 12.4 Å². The van der Waals surface area contributed by atoms with Crippen molar-refractivity contribution in [1.82, 2.24) is 10.3 Å². The first-order valence-corrected chi connectivity index (χ1v) is 9.90. The van der Waals surface area contributed by atoms with Gasteiger partial charge in [0.1, 0.15) is 5.75 Å². The third-order valence-electron chi connectivity index (χ3n) is 5.58. The van der Waals surface area contributed by atoms with E-state index in [-0.39, 0.29) is 11.8 Å². The molecule has 3 rings (SSSR count).